The summed E-state index contributed by atoms with van der Waals surface area (Å²) in [6.07, 6.45) is 1.40. The van der Waals surface area contributed by atoms with Crippen LogP contribution in [0.1, 0.15) is 16.7 Å². The van der Waals surface area contributed by atoms with E-state index >= 15 is 0 Å². The van der Waals surface area contributed by atoms with Crippen LogP contribution in [0.3, 0.4) is 0 Å². The summed E-state index contributed by atoms with van der Waals surface area (Å²) in [4.78, 5) is 19.0. The topological polar surface area (TPSA) is 60.2 Å². The number of benzene rings is 2. The van der Waals surface area contributed by atoms with Crippen LogP contribution >= 0.6 is 0 Å². The predicted molar refractivity (Wildman–Crippen MR) is 122 cm³/mol. The van der Waals surface area contributed by atoms with Crippen LogP contribution in [0.2, 0.25) is 0 Å². The summed E-state index contributed by atoms with van der Waals surface area (Å²) < 4.78 is 5.27. The molecule has 1 fully saturated rings. The van der Waals surface area contributed by atoms with E-state index in [1.807, 2.05) is 48.3 Å². The van der Waals surface area contributed by atoms with E-state index in [4.69, 9.17) is 4.42 Å². The predicted octanol–water partition coefficient (Wildman–Crippen LogP) is 3.30. The first kappa shape index (κ1) is 21.2. The molecule has 162 valence electrons. The Labute approximate surface area is 182 Å². The lowest BCUT2D eigenvalue weighted by Crippen LogP contribution is -2.46. The van der Waals surface area contributed by atoms with Gasteiger partial charge in [0.15, 0.2) is 0 Å². The summed E-state index contributed by atoms with van der Waals surface area (Å²) in [5.74, 6) is 0.0571. The Bertz CT molecular complexity index is 1030. The van der Waals surface area contributed by atoms with Gasteiger partial charge in [-0.15, -0.1) is 0 Å². The monoisotopic (exact) mass is 419 g/mol. The van der Waals surface area contributed by atoms with Gasteiger partial charge >= 0.3 is 5.63 Å². The van der Waals surface area contributed by atoms with Crippen molar-refractivity contribution in [3.63, 3.8) is 0 Å². The van der Waals surface area contributed by atoms with Gasteiger partial charge in [-0.2, -0.15) is 0 Å². The Hall–Kier alpha value is -3.09. The largest absolute Gasteiger partial charge is 0.507 e. The lowest BCUT2D eigenvalue weighted by Gasteiger charge is -2.36. The summed E-state index contributed by atoms with van der Waals surface area (Å²) in [6, 6.07) is 20.5. The molecule has 1 aliphatic heterocycles. The SMILES string of the molecule is CN(Cc1ccccc1)Cc1c(O)c(CN2CCN(c3ccccc3)CC2)coc1=O. The van der Waals surface area contributed by atoms with Crippen LogP contribution in [0.4, 0.5) is 5.69 Å². The standard InChI is InChI=1S/C25H29N3O3/c1-26(16-20-8-4-2-5-9-20)18-23-24(29)21(19-31-25(23)30)17-27-12-14-28(15-13-27)22-10-6-3-7-11-22/h2-11,19,29H,12-18H2,1H3. The van der Waals surface area contributed by atoms with Gasteiger partial charge in [0.25, 0.3) is 0 Å². The van der Waals surface area contributed by atoms with Crippen molar-refractivity contribution in [1.29, 1.82) is 0 Å². The molecule has 0 aliphatic carbocycles. The molecule has 0 atom stereocenters. The second-order valence-corrected chi connectivity index (χ2v) is 8.13. The van der Waals surface area contributed by atoms with Crippen molar-refractivity contribution in [2.75, 3.05) is 38.1 Å². The average Bonchev–Trinajstić information content (AvgIpc) is 2.80. The Morgan fingerprint density at radius 3 is 2.26 bits per heavy atom. The fourth-order valence-corrected chi connectivity index (χ4v) is 4.06. The Balaban J connectivity index is 1.39. The summed E-state index contributed by atoms with van der Waals surface area (Å²) in [6.45, 7) is 5.20. The van der Waals surface area contributed by atoms with Crippen LogP contribution in [0.5, 0.6) is 5.75 Å². The molecule has 31 heavy (non-hydrogen) atoms. The maximum Gasteiger partial charge on any atom is 0.343 e. The van der Waals surface area contributed by atoms with Gasteiger partial charge in [-0.05, 0) is 24.7 Å². The maximum absolute atomic E-state index is 12.3. The molecule has 4 rings (SSSR count). The Morgan fingerprint density at radius 1 is 0.935 bits per heavy atom. The number of hydrogen-bond acceptors (Lipinski definition) is 6. The fraction of sp³-hybridized carbons (Fsp3) is 0.320. The first-order chi connectivity index (χ1) is 15.1. The van der Waals surface area contributed by atoms with Gasteiger partial charge in [0, 0.05) is 57.1 Å². The lowest BCUT2D eigenvalue weighted by molar-refractivity contribution is 0.241. The first-order valence-corrected chi connectivity index (χ1v) is 10.7. The van der Waals surface area contributed by atoms with Crippen molar-refractivity contribution in [2.24, 2.45) is 0 Å². The number of rotatable bonds is 7. The number of para-hydroxylation sites is 1. The fourth-order valence-electron chi connectivity index (χ4n) is 4.06. The Kier molecular flexibility index (Phi) is 6.70. The summed E-state index contributed by atoms with van der Waals surface area (Å²) in [5, 5.41) is 10.8. The minimum Gasteiger partial charge on any atom is -0.507 e. The zero-order chi connectivity index (χ0) is 21.6. The lowest BCUT2D eigenvalue weighted by atomic mass is 10.1. The summed E-state index contributed by atoms with van der Waals surface area (Å²) in [7, 11) is 1.93. The van der Waals surface area contributed by atoms with Crippen molar-refractivity contribution < 1.29 is 9.52 Å². The molecule has 0 bridgehead atoms. The van der Waals surface area contributed by atoms with E-state index in [1.54, 1.807) is 0 Å². The van der Waals surface area contributed by atoms with Crippen LogP contribution in [-0.4, -0.2) is 48.1 Å². The second-order valence-electron chi connectivity index (χ2n) is 8.13. The van der Waals surface area contributed by atoms with E-state index in [9.17, 15) is 9.90 Å². The minimum atomic E-state index is -0.477. The zero-order valence-corrected chi connectivity index (χ0v) is 17.9. The highest BCUT2D eigenvalue weighted by molar-refractivity contribution is 5.46. The van der Waals surface area contributed by atoms with Gasteiger partial charge in [0.2, 0.25) is 0 Å². The molecule has 0 unspecified atom stereocenters. The third-order valence-corrected chi connectivity index (χ3v) is 5.76. The number of anilines is 1. The highest BCUT2D eigenvalue weighted by Gasteiger charge is 2.21. The van der Waals surface area contributed by atoms with Gasteiger partial charge in [0.1, 0.15) is 12.0 Å². The van der Waals surface area contributed by atoms with E-state index in [2.05, 4.69) is 34.1 Å². The molecule has 6 nitrogen and oxygen atoms in total. The molecule has 1 aliphatic rings. The Morgan fingerprint density at radius 2 is 1.58 bits per heavy atom. The molecule has 2 aromatic carbocycles. The van der Waals surface area contributed by atoms with E-state index in [-0.39, 0.29) is 5.75 Å². The van der Waals surface area contributed by atoms with E-state index < -0.39 is 5.63 Å². The third kappa shape index (κ3) is 5.34. The molecule has 3 aromatic rings. The van der Waals surface area contributed by atoms with Gasteiger partial charge in [-0.1, -0.05) is 48.5 Å². The maximum atomic E-state index is 12.3. The van der Waals surface area contributed by atoms with Crippen molar-refractivity contribution in [2.45, 2.75) is 19.6 Å². The highest BCUT2D eigenvalue weighted by Crippen LogP contribution is 2.24. The summed E-state index contributed by atoms with van der Waals surface area (Å²) in [5.41, 5.74) is 2.89. The highest BCUT2D eigenvalue weighted by atomic mass is 16.4. The summed E-state index contributed by atoms with van der Waals surface area (Å²) >= 11 is 0. The van der Waals surface area contributed by atoms with E-state index in [0.29, 0.717) is 30.8 Å². The van der Waals surface area contributed by atoms with Gasteiger partial charge in [-0.25, -0.2) is 4.79 Å². The number of nitrogens with zero attached hydrogens (tertiary/aromatic N) is 3. The van der Waals surface area contributed by atoms with E-state index in [0.717, 1.165) is 31.7 Å². The quantitative estimate of drug-likeness (QED) is 0.634. The number of aromatic hydroxyl groups is 1. The smallest absolute Gasteiger partial charge is 0.343 e. The molecule has 0 saturated carbocycles. The van der Waals surface area contributed by atoms with Crippen molar-refractivity contribution >= 4 is 5.69 Å². The van der Waals surface area contributed by atoms with E-state index in [1.165, 1.54) is 12.0 Å². The molecular formula is C25H29N3O3. The van der Waals surface area contributed by atoms with Crippen LogP contribution in [-0.2, 0) is 19.6 Å². The van der Waals surface area contributed by atoms with Crippen LogP contribution in [0.15, 0.2) is 76.1 Å². The molecule has 1 saturated heterocycles. The molecule has 1 aromatic heterocycles. The molecule has 1 N–H and O–H groups in total. The van der Waals surface area contributed by atoms with Crippen LogP contribution in [0, 0.1) is 0 Å². The molecular weight excluding hydrogens is 390 g/mol. The molecule has 0 spiro atoms. The number of hydrogen-bond donors (Lipinski definition) is 1. The van der Waals surface area contributed by atoms with Crippen molar-refractivity contribution in [1.82, 2.24) is 9.80 Å². The third-order valence-electron chi connectivity index (χ3n) is 5.76. The second kappa shape index (κ2) is 9.81. The molecule has 0 amide bonds. The molecule has 2 heterocycles. The van der Waals surface area contributed by atoms with Crippen LogP contribution < -0.4 is 10.5 Å². The molecule has 6 heteroatoms. The minimum absolute atomic E-state index is 0.0571. The number of piperazine rings is 1. The zero-order valence-electron chi connectivity index (χ0n) is 17.9. The normalized spacial score (nSPS) is 14.8. The molecule has 0 radical (unpaired) electrons. The van der Waals surface area contributed by atoms with Crippen molar-refractivity contribution in [3.05, 3.63) is 94.0 Å². The van der Waals surface area contributed by atoms with Crippen molar-refractivity contribution in [3.8, 4) is 5.75 Å². The van der Waals surface area contributed by atoms with Gasteiger partial charge in [-0.3, -0.25) is 9.80 Å². The average molecular weight is 420 g/mol. The van der Waals surface area contributed by atoms with Gasteiger partial charge < -0.3 is 14.4 Å². The van der Waals surface area contributed by atoms with Crippen LogP contribution in [0.25, 0.3) is 0 Å². The first-order valence-electron chi connectivity index (χ1n) is 10.7. The van der Waals surface area contributed by atoms with Gasteiger partial charge in [0.05, 0.1) is 5.56 Å².